The van der Waals surface area contributed by atoms with Crippen molar-refractivity contribution in [2.75, 3.05) is 0 Å². The van der Waals surface area contributed by atoms with Gasteiger partial charge in [-0.05, 0) is 25.5 Å². The van der Waals surface area contributed by atoms with E-state index in [9.17, 15) is 24.6 Å². The molecular formula is C17H21NO5S. The lowest BCUT2D eigenvalue weighted by atomic mass is 9.97. The van der Waals surface area contributed by atoms with Gasteiger partial charge in [-0.1, -0.05) is 31.0 Å². The molecule has 0 spiro atoms. The van der Waals surface area contributed by atoms with Crippen LogP contribution in [0.15, 0.2) is 29.2 Å². The Kier molecular flexibility index (Phi) is 5.66. The molecule has 1 aromatic carbocycles. The third kappa shape index (κ3) is 3.47. The first-order chi connectivity index (χ1) is 11.3. The molecule has 1 amide bonds. The number of amides is 1. The normalized spacial score (nSPS) is 19.5. The predicted molar refractivity (Wildman–Crippen MR) is 89.4 cm³/mol. The van der Waals surface area contributed by atoms with Gasteiger partial charge in [0.2, 0.25) is 5.91 Å². The number of thioether (sulfide) groups is 1. The predicted octanol–water partition coefficient (Wildman–Crippen LogP) is 2.18. The summed E-state index contributed by atoms with van der Waals surface area (Å²) >= 11 is 1.27. The lowest BCUT2D eigenvalue weighted by Gasteiger charge is -2.46. The molecule has 0 aliphatic carbocycles. The summed E-state index contributed by atoms with van der Waals surface area (Å²) in [6.45, 7) is 3.81. The number of hydrogen-bond acceptors (Lipinski definition) is 5. The maximum absolute atomic E-state index is 12.3. The van der Waals surface area contributed by atoms with Gasteiger partial charge in [-0.2, -0.15) is 0 Å². The van der Waals surface area contributed by atoms with Gasteiger partial charge in [0.05, 0.1) is 11.8 Å². The van der Waals surface area contributed by atoms with Crippen LogP contribution in [0.5, 0.6) is 0 Å². The molecule has 6 nitrogen and oxygen atoms in total. The summed E-state index contributed by atoms with van der Waals surface area (Å²) in [7, 11) is 0. The van der Waals surface area contributed by atoms with Gasteiger partial charge in [0.15, 0.2) is 5.78 Å². The highest BCUT2D eigenvalue weighted by Crippen LogP contribution is 2.40. The Labute approximate surface area is 144 Å². The maximum Gasteiger partial charge on any atom is 0.365 e. The number of ketones is 1. The summed E-state index contributed by atoms with van der Waals surface area (Å²) in [4.78, 5) is 37.4. The first kappa shape index (κ1) is 18.5. The van der Waals surface area contributed by atoms with Crippen LogP contribution in [-0.2, 0) is 14.4 Å². The number of carbonyl (C=O) groups is 3. The Hall–Kier alpha value is -1.86. The molecule has 0 radical (unpaired) electrons. The molecule has 2 N–H and O–H groups in total. The van der Waals surface area contributed by atoms with Crippen LogP contribution in [0.1, 0.15) is 38.2 Å². The van der Waals surface area contributed by atoms with E-state index in [1.54, 1.807) is 0 Å². The number of aliphatic hydroxyl groups is 1. The van der Waals surface area contributed by atoms with Gasteiger partial charge in [-0.3, -0.25) is 14.5 Å². The average molecular weight is 351 g/mol. The van der Waals surface area contributed by atoms with Crippen molar-refractivity contribution in [3.8, 4) is 0 Å². The lowest BCUT2D eigenvalue weighted by Crippen LogP contribution is -2.70. The Balaban J connectivity index is 2.21. The number of carbonyl (C=O) groups excluding carboxylic acids is 2. The van der Waals surface area contributed by atoms with Crippen molar-refractivity contribution in [1.29, 1.82) is 0 Å². The summed E-state index contributed by atoms with van der Waals surface area (Å²) in [6.07, 6.45) is 1.17. The Morgan fingerprint density at radius 3 is 2.46 bits per heavy atom. The molecule has 1 saturated heterocycles. The van der Waals surface area contributed by atoms with Crippen LogP contribution in [0.3, 0.4) is 0 Å². The molecule has 0 bridgehead atoms. The second-order valence-electron chi connectivity index (χ2n) is 5.86. The van der Waals surface area contributed by atoms with Crippen LogP contribution in [0.4, 0.5) is 0 Å². The number of carboxylic acid groups (broad SMARTS) is 1. The minimum atomic E-state index is -2.78. The molecule has 2 unspecified atom stereocenters. The smallest absolute Gasteiger partial charge is 0.365 e. The summed E-state index contributed by atoms with van der Waals surface area (Å²) in [5.74, 6) is -3.08. The zero-order valence-corrected chi connectivity index (χ0v) is 14.5. The fourth-order valence-electron chi connectivity index (χ4n) is 2.51. The van der Waals surface area contributed by atoms with E-state index in [0.717, 1.165) is 15.4 Å². The zero-order valence-electron chi connectivity index (χ0n) is 13.7. The number of Topliss-reactive ketones (excluding diaryl/α,β-unsaturated/α-hetero) is 1. The van der Waals surface area contributed by atoms with Crippen molar-refractivity contribution in [2.24, 2.45) is 0 Å². The highest BCUT2D eigenvalue weighted by Gasteiger charge is 2.58. The first-order valence-electron chi connectivity index (χ1n) is 7.85. The van der Waals surface area contributed by atoms with Crippen LogP contribution in [-0.4, -0.2) is 43.9 Å². The molecule has 0 aromatic heterocycles. The highest BCUT2D eigenvalue weighted by molar-refractivity contribution is 8.00. The van der Waals surface area contributed by atoms with E-state index in [2.05, 4.69) is 0 Å². The standard InChI is InChI=1S/C17H21NO5S/c1-3-4-5-13(19)17(23,16(21)22)18-14(20)10-15(18)24-12-8-6-11(2)7-9-12/h6-9,15,23H,3-5,10H2,1-2H3,(H,21,22). The fraction of sp³-hybridized carbons (Fsp3) is 0.471. The molecule has 0 saturated carbocycles. The topological polar surface area (TPSA) is 94.9 Å². The number of aryl methyl sites for hydroxylation is 1. The molecule has 2 atom stereocenters. The van der Waals surface area contributed by atoms with Crippen LogP contribution in [0, 0.1) is 6.92 Å². The van der Waals surface area contributed by atoms with E-state index in [-0.39, 0.29) is 12.8 Å². The number of benzene rings is 1. The molecular weight excluding hydrogens is 330 g/mol. The third-order valence-electron chi connectivity index (χ3n) is 3.99. The zero-order chi connectivity index (χ0) is 17.9. The Morgan fingerprint density at radius 1 is 1.33 bits per heavy atom. The monoisotopic (exact) mass is 351 g/mol. The van der Waals surface area contributed by atoms with Gasteiger partial charge in [-0.15, -0.1) is 11.8 Å². The van der Waals surface area contributed by atoms with E-state index in [4.69, 9.17) is 0 Å². The van der Waals surface area contributed by atoms with E-state index < -0.39 is 28.8 Å². The third-order valence-corrected chi connectivity index (χ3v) is 5.19. The maximum atomic E-state index is 12.3. The SMILES string of the molecule is CCCCC(=O)C(O)(C(=O)O)N1C(=O)CC1Sc1ccc(C)cc1. The number of carboxylic acids is 1. The lowest BCUT2D eigenvalue weighted by molar-refractivity contribution is -0.201. The number of likely N-dealkylation sites (tertiary alicyclic amines) is 1. The number of nitrogens with zero attached hydrogens (tertiary/aromatic N) is 1. The molecule has 7 heteroatoms. The van der Waals surface area contributed by atoms with Gasteiger partial charge < -0.3 is 10.2 Å². The van der Waals surface area contributed by atoms with Crippen LogP contribution in [0.25, 0.3) is 0 Å². The summed E-state index contributed by atoms with van der Waals surface area (Å²) in [5, 5.41) is 19.3. The van der Waals surface area contributed by atoms with E-state index >= 15 is 0 Å². The molecule has 2 rings (SSSR count). The van der Waals surface area contributed by atoms with Crippen LogP contribution in [0.2, 0.25) is 0 Å². The fourth-order valence-corrected chi connectivity index (χ4v) is 3.72. The first-order valence-corrected chi connectivity index (χ1v) is 8.73. The van der Waals surface area contributed by atoms with Crippen molar-refractivity contribution in [2.45, 2.75) is 55.5 Å². The van der Waals surface area contributed by atoms with Gasteiger partial charge >= 0.3 is 11.7 Å². The minimum Gasteiger partial charge on any atom is -0.477 e. The Morgan fingerprint density at radius 2 is 1.96 bits per heavy atom. The molecule has 1 fully saturated rings. The average Bonchev–Trinajstić information content (AvgIpc) is 2.53. The number of β-lactam (4-membered cyclic amide) rings is 1. The second kappa shape index (κ2) is 7.36. The van der Waals surface area contributed by atoms with Gasteiger partial charge in [0.1, 0.15) is 0 Å². The number of aliphatic carboxylic acids is 1. The van der Waals surface area contributed by atoms with E-state index in [1.165, 1.54) is 11.8 Å². The number of hydrogen-bond donors (Lipinski definition) is 2. The number of rotatable bonds is 8. The molecule has 130 valence electrons. The highest BCUT2D eigenvalue weighted by atomic mass is 32.2. The van der Waals surface area contributed by atoms with Crippen LogP contribution < -0.4 is 0 Å². The van der Waals surface area contributed by atoms with E-state index in [0.29, 0.717) is 12.8 Å². The largest absolute Gasteiger partial charge is 0.477 e. The minimum absolute atomic E-state index is 0.0784. The molecule has 1 aromatic rings. The number of unbranched alkanes of at least 4 members (excludes halogenated alkanes) is 1. The Bertz CT molecular complexity index is 645. The van der Waals surface area contributed by atoms with Crippen molar-refractivity contribution >= 4 is 29.4 Å². The molecule has 24 heavy (non-hydrogen) atoms. The molecule has 1 heterocycles. The van der Waals surface area contributed by atoms with Gasteiger partial charge in [-0.25, -0.2) is 4.79 Å². The van der Waals surface area contributed by atoms with Crippen molar-refractivity contribution < 1.29 is 24.6 Å². The summed E-state index contributed by atoms with van der Waals surface area (Å²) in [6, 6.07) is 7.53. The van der Waals surface area contributed by atoms with Crippen LogP contribution >= 0.6 is 11.8 Å². The molecule has 1 aliphatic heterocycles. The second-order valence-corrected chi connectivity index (χ2v) is 7.11. The molecule has 1 aliphatic rings. The summed E-state index contributed by atoms with van der Waals surface area (Å²) in [5.41, 5.74) is -1.70. The van der Waals surface area contributed by atoms with Crippen molar-refractivity contribution in [3.05, 3.63) is 29.8 Å². The van der Waals surface area contributed by atoms with Gasteiger partial charge in [0, 0.05) is 11.3 Å². The summed E-state index contributed by atoms with van der Waals surface area (Å²) < 4.78 is 0. The quantitative estimate of drug-likeness (QED) is 0.551. The van der Waals surface area contributed by atoms with Gasteiger partial charge in [0.25, 0.3) is 0 Å². The van der Waals surface area contributed by atoms with E-state index in [1.807, 2.05) is 38.1 Å². The van der Waals surface area contributed by atoms with Crippen molar-refractivity contribution in [1.82, 2.24) is 4.90 Å². The van der Waals surface area contributed by atoms with Crippen molar-refractivity contribution in [3.63, 3.8) is 0 Å².